The van der Waals surface area contributed by atoms with Crippen LogP contribution in [0.25, 0.3) is 0 Å². The molecule has 1 aromatic rings. The Hall–Kier alpha value is -1.62. The van der Waals surface area contributed by atoms with Crippen molar-refractivity contribution in [1.82, 2.24) is 0 Å². The highest BCUT2D eigenvalue weighted by molar-refractivity contribution is 5.79. The van der Waals surface area contributed by atoms with Gasteiger partial charge in [-0.25, -0.2) is 9.18 Å². The average Bonchev–Trinajstić information content (AvgIpc) is 2.37. The van der Waals surface area contributed by atoms with Crippen LogP contribution in [0.3, 0.4) is 0 Å². The van der Waals surface area contributed by atoms with E-state index in [-0.39, 0.29) is 17.7 Å². The molecule has 0 spiro atoms. The fourth-order valence-corrected chi connectivity index (χ4v) is 1.65. The van der Waals surface area contributed by atoms with Crippen LogP contribution in [0.4, 0.5) is 10.1 Å². The molecule has 4 nitrogen and oxygen atoms in total. The van der Waals surface area contributed by atoms with Crippen molar-refractivity contribution in [3.63, 3.8) is 0 Å². The highest BCUT2D eigenvalue weighted by Crippen LogP contribution is 2.15. The molecule has 2 unspecified atom stereocenters. The van der Waals surface area contributed by atoms with Crippen molar-refractivity contribution >= 4 is 11.7 Å². The monoisotopic (exact) mass is 255 g/mol. The normalized spacial score (nSPS) is 13.8. The molecule has 100 valence electrons. The Bertz CT molecular complexity index is 380. The summed E-state index contributed by atoms with van der Waals surface area (Å²) in [6.45, 7) is 2.30. The van der Waals surface area contributed by atoms with Gasteiger partial charge in [0.25, 0.3) is 0 Å². The van der Waals surface area contributed by atoms with Gasteiger partial charge in [-0.2, -0.15) is 0 Å². The predicted octanol–water partition coefficient (Wildman–Crippen LogP) is 2.06. The first-order valence-corrected chi connectivity index (χ1v) is 5.67. The third-order valence-corrected chi connectivity index (χ3v) is 2.62. The Labute approximate surface area is 106 Å². The van der Waals surface area contributed by atoms with Gasteiger partial charge in [-0.1, -0.05) is 6.92 Å². The van der Waals surface area contributed by atoms with Gasteiger partial charge in [0, 0.05) is 18.7 Å². The van der Waals surface area contributed by atoms with E-state index in [1.165, 1.54) is 19.2 Å². The molecule has 0 aliphatic rings. The van der Waals surface area contributed by atoms with E-state index in [1.807, 2.05) is 6.92 Å². The Kier molecular flexibility index (Phi) is 5.58. The van der Waals surface area contributed by atoms with Crippen LogP contribution in [0.5, 0.6) is 0 Å². The lowest BCUT2D eigenvalue weighted by Gasteiger charge is -2.23. The molecular weight excluding hydrogens is 237 g/mol. The molecule has 18 heavy (non-hydrogen) atoms. The maximum atomic E-state index is 12.8. The van der Waals surface area contributed by atoms with Crippen LogP contribution < -0.4 is 5.32 Å². The molecular formula is C13H18FNO3. The van der Waals surface area contributed by atoms with E-state index >= 15 is 0 Å². The van der Waals surface area contributed by atoms with Crippen LogP contribution >= 0.6 is 0 Å². The largest absolute Gasteiger partial charge is 0.467 e. The zero-order valence-electron chi connectivity index (χ0n) is 10.8. The van der Waals surface area contributed by atoms with Crippen LogP contribution in [0.1, 0.15) is 6.92 Å². The van der Waals surface area contributed by atoms with Gasteiger partial charge in [-0.05, 0) is 24.3 Å². The van der Waals surface area contributed by atoms with Gasteiger partial charge >= 0.3 is 5.97 Å². The first-order valence-electron chi connectivity index (χ1n) is 5.67. The van der Waals surface area contributed by atoms with Crippen LogP contribution in [0.15, 0.2) is 24.3 Å². The maximum Gasteiger partial charge on any atom is 0.328 e. The smallest absolute Gasteiger partial charge is 0.328 e. The third-order valence-electron chi connectivity index (χ3n) is 2.62. The number of halogens is 1. The van der Waals surface area contributed by atoms with E-state index in [2.05, 4.69) is 5.32 Å². The molecule has 0 aromatic heterocycles. The van der Waals surface area contributed by atoms with Crippen molar-refractivity contribution in [2.75, 3.05) is 26.1 Å². The van der Waals surface area contributed by atoms with E-state index in [9.17, 15) is 9.18 Å². The summed E-state index contributed by atoms with van der Waals surface area (Å²) in [5.41, 5.74) is 0.662. The molecule has 0 aliphatic carbocycles. The summed E-state index contributed by atoms with van der Waals surface area (Å²) in [4.78, 5) is 11.7. The number of carbonyl (C=O) groups excluding carboxylic acids is 1. The van der Waals surface area contributed by atoms with Gasteiger partial charge < -0.3 is 14.8 Å². The summed E-state index contributed by atoms with van der Waals surface area (Å²) >= 11 is 0. The zero-order chi connectivity index (χ0) is 13.5. The summed E-state index contributed by atoms with van der Waals surface area (Å²) < 4.78 is 22.6. The number of hydrogen-bond acceptors (Lipinski definition) is 4. The average molecular weight is 255 g/mol. The number of methoxy groups -OCH3 is 2. The topological polar surface area (TPSA) is 47.6 Å². The second-order valence-electron chi connectivity index (χ2n) is 4.08. The van der Waals surface area contributed by atoms with Gasteiger partial charge in [-0.15, -0.1) is 0 Å². The van der Waals surface area contributed by atoms with Gasteiger partial charge in [0.15, 0.2) is 0 Å². The second-order valence-corrected chi connectivity index (χ2v) is 4.08. The first-order chi connectivity index (χ1) is 8.58. The van der Waals surface area contributed by atoms with E-state index in [0.717, 1.165) is 0 Å². The molecule has 0 heterocycles. The summed E-state index contributed by atoms with van der Waals surface area (Å²) in [7, 11) is 2.91. The molecule has 0 aliphatic heterocycles. The number of benzene rings is 1. The fraction of sp³-hybridized carbons (Fsp3) is 0.462. The number of hydrogen-bond donors (Lipinski definition) is 1. The van der Waals surface area contributed by atoms with Crippen molar-refractivity contribution in [2.24, 2.45) is 5.92 Å². The number of ether oxygens (including phenoxy) is 2. The minimum Gasteiger partial charge on any atom is -0.467 e. The first kappa shape index (κ1) is 14.4. The zero-order valence-corrected chi connectivity index (χ0v) is 10.8. The number of anilines is 1. The lowest BCUT2D eigenvalue weighted by Crippen LogP contribution is -2.38. The molecule has 0 amide bonds. The number of esters is 1. The van der Waals surface area contributed by atoms with Crippen LogP contribution in [-0.2, 0) is 14.3 Å². The molecule has 0 saturated carbocycles. The van der Waals surface area contributed by atoms with E-state index in [0.29, 0.717) is 12.3 Å². The summed E-state index contributed by atoms with van der Waals surface area (Å²) in [5, 5.41) is 3.02. The SMILES string of the molecule is COCC(C)C(Nc1ccc(F)cc1)C(=O)OC. The van der Waals surface area contributed by atoms with Crippen LogP contribution in [-0.4, -0.2) is 32.8 Å². The lowest BCUT2D eigenvalue weighted by molar-refractivity contribution is -0.143. The Morgan fingerprint density at radius 3 is 2.44 bits per heavy atom. The van der Waals surface area contributed by atoms with E-state index in [4.69, 9.17) is 9.47 Å². The van der Waals surface area contributed by atoms with E-state index in [1.54, 1.807) is 19.2 Å². The number of nitrogens with one attached hydrogen (secondary N) is 1. The molecule has 1 aromatic carbocycles. The quantitative estimate of drug-likeness (QED) is 0.790. The fourth-order valence-electron chi connectivity index (χ4n) is 1.65. The summed E-state index contributed by atoms with van der Waals surface area (Å²) in [5.74, 6) is -0.753. The second kappa shape index (κ2) is 6.96. The Balaban J connectivity index is 2.77. The molecule has 0 bridgehead atoms. The van der Waals surface area contributed by atoms with Gasteiger partial charge in [0.2, 0.25) is 0 Å². The maximum absolute atomic E-state index is 12.8. The molecule has 1 N–H and O–H groups in total. The number of rotatable bonds is 6. The molecule has 1 rings (SSSR count). The van der Waals surface area contributed by atoms with Crippen molar-refractivity contribution in [3.05, 3.63) is 30.1 Å². The predicted molar refractivity (Wildman–Crippen MR) is 66.9 cm³/mol. The standard InChI is InChI=1S/C13H18FNO3/c1-9(8-17-2)12(13(16)18-3)15-11-6-4-10(14)5-7-11/h4-7,9,12,15H,8H2,1-3H3. The molecule has 0 radical (unpaired) electrons. The van der Waals surface area contributed by atoms with E-state index < -0.39 is 6.04 Å². The lowest BCUT2D eigenvalue weighted by atomic mass is 10.0. The van der Waals surface area contributed by atoms with Crippen molar-refractivity contribution in [3.8, 4) is 0 Å². The highest BCUT2D eigenvalue weighted by atomic mass is 19.1. The minimum absolute atomic E-state index is 0.0625. The van der Waals surface area contributed by atoms with Crippen molar-refractivity contribution in [2.45, 2.75) is 13.0 Å². The molecule has 5 heteroatoms. The van der Waals surface area contributed by atoms with Crippen molar-refractivity contribution in [1.29, 1.82) is 0 Å². The molecule has 0 fully saturated rings. The van der Waals surface area contributed by atoms with Gasteiger partial charge in [0.05, 0.1) is 13.7 Å². The Morgan fingerprint density at radius 1 is 1.33 bits per heavy atom. The van der Waals surface area contributed by atoms with Crippen molar-refractivity contribution < 1.29 is 18.7 Å². The van der Waals surface area contributed by atoms with Gasteiger partial charge in [0.1, 0.15) is 11.9 Å². The number of carbonyl (C=O) groups is 1. The molecule has 2 atom stereocenters. The van der Waals surface area contributed by atoms with Gasteiger partial charge in [-0.3, -0.25) is 0 Å². The molecule has 0 saturated heterocycles. The summed E-state index contributed by atoms with van der Waals surface area (Å²) in [6.07, 6.45) is 0. The Morgan fingerprint density at radius 2 is 1.94 bits per heavy atom. The van der Waals surface area contributed by atoms with Crippen LogP contribution in [0.2, 0.25) is 0 Å². The third kappa shape index (κ3) is 4.00. The highest BCUT2D eigenvalue weighted by Gasteiger charge is 2.25. The minimum atomic E-state index is -0.527. The summed E-state index contributed by atoms with van der Waals surface area (Å²) in [6, 6.07) is 5.28. The van der Waals surface area contributed by atoms with Crippen LogP contribution in [0, 0.1) is 11.7 Å².